The zero-order valence-electron chi connectivity index (χ0n) is 9.30. The van der Waals surface area contributed by atoms with E-state index in [-0.39, 0.29) is 12.5 Å². The number of morpholine rings is 1. The van der Waals surface area contributed by atoms with Gasteiger partial charge in [-0.3, -0.25) is 4.79 Å². The standard InChI is InChI=1S/C12H13N3O2/c13-7-9-3-1-2-4-10(9)15-5-6-17-11(8-14)12(15)16/h1-4,11H,5-6,8,14H2. The van der Waals surface area contributed by atoms with Crippen molar-refractivity contribution in [2.24, 2.45) is 5.73 Å². The van der Waals surface area contributed by atoms with Gasteiger partial charge in [0.05, 0.1) is 17.9 Å². The van der Waals surface area contributed by atoms with E-state index in [1.165, 1.54) is 0 Å². The Bertz CT molecular complexity index is 467. The number of nitrogens with two attached hydrogens (primary N) is 1. The Labute approximate surface area is 99.4 Å². The van der Waals surface area contributed by atoms with Crippen LogP contribution in [-0.4, -0.2) is 31.7 Å². The fourth-order valence-corrected chi connectivity index (χ4v) is 1.85. The highest BCUT2D eigenvalue weighted by Crippen LogP contribution is 2.22. The van der Waals surface area contributed by atoms with Crippen LogP contribution in [0.3, 0.4) is 0 Å². The first-order valence-electron chi connectivity index (χ1n) is 5.40. The highest BCUT2D eigenvalue weighted by molar-refractivity contribution is 5.98. The van der Waals surface area contributed by atoms with Crippen LogP contribution in [0.4, 0.5) is 5.69 Å². The lowest BCUT2D eigenvalue weighted by molar-refractivity contribution is -0.133. The Hall–Kier alpha value is -1.90. The first-order valence-corrected chi connectivity index (χ1v) is 5.40. The van der Waals surface area contributed by atoms with Crippen molar-refractivity contribution < 1.29 is 9.53 Å². The van der Waals surface area contributed by atoms with Gasteiger partial charge >= 0.3 is 0 Å². The zero-order chi connectivity index (χ0) is 12.3. The Kier molecular flexibility index (Phi) is 3.38. The Balaban J connectivity index is 2.33. The van der Waals surface area contributed by atoms with Crippen LogP contribution in [0.25, 0.3) is 0 Å². The number of carbonyl (C=O) groups excluding carboxylic acids is 1. The third kappa shape index (κ3) is 2.13. The molecule has 0 aromatic heterocycles. The average Bonchev–Trinajstić information content (AvgIpc) is 2.39. The van der Waals surface area contributed by atoms with E-state index >= 15 is 0 Å². The summed E-state index contributed by atoms with van der Waals surface area (Å²) in [6.45, 7) is 1.05. The second-order valence-electron chi connectivity index (χ2n) is 3.71. The van der Waals surface area contributed by atoms with Crippen LogP contribution < -0.4 is 10.6 Å². The van der Waals surface area contributed by atoms with E-state index in [9.17, 15) is 4.79 Å². The molecule has 17 heavy (non-hydrogen) atoms. The summed E-state index contributed by atoms with van der Waals surface area (Å²) in [5, 5.41) is 9.01. The largest absolute Gasteiger partial charge is 0.365 e. The molecule has 0 aliphatic carbocycles. The number of ether oxygens (including phenoxy) is 1. The third-order valence-electron chi connectivity index (χ3n) is 2.70. The Morgan fingerprint density at radius 2 is 2.29 bits per heavy atom. The maximum Gasteiger partial charge on any atom is 0.257 e. The molecule has 1 unspecified atom stereocenters. The number of anilines is 1. The summed E-state index contributed by atoms with van der Waals surface area (Å²) in [6.07, 6.45) is -0.601. The van der Waals surface area contributed by atoms with E-state index in [1.54, 1.807) is 29.2 Å². The maximum atomic E-state index is 12.0. The molecule has 1 atom stereocenters. The Morgan fingerprint density at radius 1 is 1.53 bits per heavy atom. The van der Waals surface area contributed by atoms with Crippen LogP contribution in [0.1, 0.15) is 5.56 Å². The molecule has 1 aliphatic heterocycles. The summed E-state index contributed by atoms with van der Waals surface area (Å²) in [5.41, 5.74) is 6.58. The van der Waals surface area contributed by atoms with Crippen molar-refractivity contribution in [1.29, 1.82) is 5.26 Å². The molecule has 2 N–H and O–H groups in total. The molecule has 5 heteroatoms. The monoisotopic (exact) mass is 231 g/mol. The van der Waals surface area contributed by atoms with E-state index in [2.05, 4.69) is 6.07 Å². The van der Waals surface area contributed by atoms with E-state index < -0.39 is 6.10 Å². The number of rotatable bonds is 2. The highest BCUT2D eigenvalue weighted by atomic mass is 16.5. The number of carbonyl (C=O) groups is 1. The lowest BCUT2D eigenvalue weighted by atomic mass is 10.1. The summed E-state index contributed by atoms with van der Waals surface area (Å²) < 4.78 is 5.27. The van der Waals surface area contributed by atoms with Gasteiger partial charge in [-0.2, -0.15) is 5.26 Å². The molecule has 1 fully saturated rings. The smallest absolute Gasteiger partial charge is 0.257 e. The first-order chi connectivity index (χ1) is 8.27. The second-order valence-corrected chi connectivity index (χ2v) is 3.71. The third-order valence-corrected chi connectivity index (χ3v) is 2.70. The van der Waals surface area contributed by atoms with Gasteiger partial charge in [-0.25, -0.2) is 0 Å². The number of nitrogens with zero attached hydrogens (tertiary/aromatic N) is 2. The molecule has 1 amide bonds. The molecule has 1 saturated heterocycles. The quantitative estimate of drug-likeness (QED) is 0.791. The topological polar surface area (TPSA) is 79.3 Å². The summed E-state index contributed by atoms with van der Waals surface area (Å²) in [6, 6.07) is 9.10. The van der Waals surface area contributed by atoms with Crippen molar-refractivity contribution in [3.05, 3.63) is 29.8 Å². The molecule has 0 bridgehead atoms. The van der Waals surface area contributed by atoms with Crippen LogP contribution in [0.2, 0.25) is 0 Å². The molecule has 5 nitrogen and oxygen atoms in total. The van der Waals surface area contributed by atoms with Crippen molar-refractivity contribution in [3.8, 4) is 6.07 Å². The number of amides is 1. The van der Waals surface area contributed by atoms with E-state index in [0.717, 1.165) is 0 Å². The lowest BCUT2D eigenvalue weighted by Crippen LogP contribution is -2.51. The fraction of sp³-hybridized carbons (Fsp3) is 0.333. The minimum Gasteiger partial charge on any atom is -0.365 e. The van der Waals surface area contributed by atoms with Crippen molar-refractivity contribution in [3.63, 3.8) is 0 Å². The molecule has 0 radical (unpaired) electrons. The zero-order valence-corrected chi connectivity index (χ0v) is 9.30. The number of hydrogen-bond donors (Lipinski definition) is 1. The van der Waals surface area contributed by atoms with Crippen LogP contribution in [0.5, 0.6) is 0 Å². The van der Waals surface area contributed by atoms with Gasteiger partial charge in [0, 0.05) is 13.1 Å². The molecule has 1 aromatic carbocycles. The molecule has 0 saturated carbocycles. The molecule has 88 valence electrons. The lowest BCUT2D eigenvalue weighted by Gasteiger charge is -2.32. The molecular weight excluding hydrogens is 218 g/mol. The van der Waals surface area contributed by atoms with Gasteiger partial charge in [0.1, 0.15) is 12.2 Å². The van der Waals surface area contributed by atoms with Crippen LogP contribution in [0, 0.1) is 11.3 Å². The van der Waals surface area contributed by atoms with E-state index in [1.807, 2.05) is 0 Å². The highest BCUT2D eigenvalue weighted by Gasteiger charge is 2.30. The number of benzene rings is 1. The van der Waals surface area contributed by atoms with Crippen molar-refractivity contribution in [2.45, 2.75) is 6.10 Å². The van der Waals surface area contributed by atoms with Crippen LogP contribution in [0.15, 0.2) is 24.3 Å². The van der Waals surface area contributed by atoms with E-state index in [0.29, 0.717) is 24.4 Å². The van der Waals surface area contributed by atoms with Gasteiger partial charge < -0.3 is 15.4 Å². The predicted molar refractivity (Wildman–Crippen MR) is 62.3 cm³/mol. The minimum absolute atomic E-state index is 0.157. The van der Waals surface area contributed by atoms with Gasteiger partial charge in [-0.1, -0.05) is 12.1 Å². The molecule has 1 heterocycles. The second kappa shape index (κ2) is 4.95. The number of nitriles is 1. The normalized spacial score (nSPS) is 20.1. The van der Waals surface area contributed by atoms with Crippen LogP contribution in [-0.2, 0) is 9.53 Å². The first kappa shape index (κ1) is 11.6. The van der Waals surface area contributed by atoms with Gasteiger partial charge in [-0.15, -0.1) is 0 Å². The van der Waals surface area contributed by atoms with Gasteiger partial charge in [0.2, 0.25) is 0 Å². The summed E-state index contributed by atoms with van der Waals surface area (Å²) in [7, 11) is 0. The molecule has 1 aliphatic rings. The van der Waals surface area contributed by atoms with Crippen molar-refractivity contribution in [2.75, 3.05) is 24.6 Å². The van der Waals surface area contributed by atoms with Gasteiger partial charge in [-0.05, 0) is 12.1 Å². The Morgan fingerprint density at radius 3 is 3.00 bits per heavy atom. The number of hydrogen-bond acceptors (Lipinski definition) is 4. The van der Waals surface area contributed by atoms with Crippen molar-refractivity contribution >= 4 is 11.6 Å². The summed E-state index contributed by atoms with van der Waals surface area (Å²) in [5.74, 6) is -0.179. The minimum atomic E-state index is -0.601. The maximum absolute atomic E-state index is 12.0. The fourth-order valence-electron chi connectivity index (χ4n) is 1.85. The van der Waals surface area contributed by atoms with Gasteiger partial charge in [0.25, 0.3) is 5.91 Å². The molecule has 1 aromatic rings. The average molecular weight is 231 g/mol. The molecular formula is C12H13N3O2. The molecule has 2 rings (SSSR count). The molecule has 0 spiro atoms. The van der Waals surface area contributed by atoms with E-state index in [4.69, 9.17) is 15.7 Å². The summed E-state index contributed by atoms with van der Waals surface area (Å²) in [4.78, 5) is 13.6. The SMILES string of the molecule is N#Cc1ccccc1N1CCOC(CN)C1=O. The van der Waals surface area contributed by atoms with Crippen molar-refractivity contribution in [1.82, 2.24) is 0 Å². The summed E-state index contributed by atoms with van der Waals surface area (Å²) >= 11 is 0. The van der Waals surface area contributed by atoms with Crippen LogP contribution >= 0.6 is 0 Å². The predicted octanol–water partition coefficient (Wildman–Crippen LogP) is 0.249. The number of para-hydroxylation sites is 1. The van der Waals surface area contributed by atoms with Gasteiger partial charge in [0.15, 0.2) is 0 Å².